The van der Waals surface area contributed by atoms with Crippen LogP contribution in [0, 0.1) is 6.92 Å². The molecule has 6 nitrogen and oxygen atoms in total. The fourth-order valence-electron chi connectivity index (χ4n) is 2.08. The molecule has 128 valence electrons. The number of pyridine rings is 1. The Hall–Kier alpha value is -1.96. The number of sulfonamides is 1. The molecule has 0 bridgehead atoms. The molecule has 0 atom stereocenters. The standard InChI is InChI=1S/C16H18ClN3O3S/c1-12-14(17)4-3-5-15(12)19-16(21)11-20(24(2,22)23)10-13-6-8-18-9-7-13/h3-9H,10-11H2,1-2H3,(H,19,21). The average molecular weight is 368 g/mol. The molecule has 1 N–H and O–H groups in total. The van der Waals surface area contributed by atoms with E-state index in [1.165, 1.54) is 0 Å². The highest BCUT2D eigenvalue weighted by atomic mass is 35.5. The molecule has 0 saturated carbocycles. The van der Waals surface area contributed by atoms with Crippen molar-refractivity contribution in [1.29, 1.82) is 0 Å². The smallest absolute Gasteiger partial charge is 0.239 e. The monoisotopic (exact) mass is 367 g/mol. The quantitative estimate of drug-likeness (QED) is 0.850. The van der Waals surface area contributed by atoms with E-state index in [4.69, 9.17) is 11.6 Å². The van der Waals surface area contributed by atoms with Gasteiger partial charge in [0.2, 0.25) is 15.9 Å². The van der Waals surface area contributed by atoms with E-state index in [1.807, 2.05) is 0 Å². The number of halogens is 1. The van der Waals surface area contributed by atoms with Crippen LogP contribution >= 0.6 is 11.6 Å². The zero-order chi connectivity index (χ0) is 17.7. The number of hydrogen-bond acceptors (Lipinski definition) is 4. The molecule has 2 aromatic rings. The van der Waals surface area contributed by atoms with Crippen LogP contribution in [0.2, 0.25) is 5.02 Å². The maximum absolute atomic E-state index is 12.3. The zero-order valence-electron chi connectivity index (χ0n) is 13.4. The summed E-state index contributed by atoms with van der Waals surface area (Å²) in [6.07, 6.45) is 4.22. The van der Waals surface area contributed by atoms with Gasteiger partial charge in [-0.3, -0.25) is 9.78 Å². The molecule has 0 aliphatic rings. The van der Waals surface area contributed by atoms with E-state index in [0.29, 0.717) is 10.7 Å². The van der Waals surface area contributed by atoms with Crippen molar-refractivity contribution in [3.63, 3.8) is 0 Å². The maximum Gasteiger partial charge on any atom is 0.239 e. The van der Waals surface area contributed by atoms with Crippen LogP contribution in [0.25, 0.3) is 0 Å². The van der Waals surface area contributed by atoms with Gasteiger partial charge in [-0.05, 0) is 42.3 Å². The molecule has 8 heteroatoms. The van der Waals surface area contributed by atoms with Gasteiger partial charge in [-0.15, -0.1) is 0 Å². The summed E-state index contributed by atoms with van der Waals surface area (Å²) in [5.41, 5.74) is 2.04. The van der Waals surface area contributed by atoms with E-state index >= 15 is 0 Å². The molecule has 0 aliphatic heterocycles. The molecule has 1 aromatic carbocycles. The highest BCUT2D eigenvalue weighted by molar-refractivity contribution is 7.88. The molecule has 0 saturated heterocycles. The zero-order valence-corrected chi connectivity index (χ0v) is 14.9. The Bertz CT molecular complexity index is 826. The van der Waals surface area contributed by atoms with Crippen molar-refractivity contribution >= 4 is 33.2 Å². The lowest BCUT2D eigenvalue weighted by Gasteiger charge is -2.20. The molecule has 0 unspecified atom stereocenters. The molecular weight excluding hydrogens is 350 g/mol. The van der Waals surface area contributed by atoms with Crippen molar-refractivity contribution < 1.29 is 13.2 Å². The molecule has 0 aliphatic carbocycles. The summed E-state index contributed by atoms with van der Waals surface area (Å²) in [6.45, 7) is 1.60. The van der Waals surface area contributed by atoms with E-state index in [9.17, 15) is 13.2 Å². The predicted molar refractivity (Wildman–Crippen MR) is 94.3 cm³/mol. The molecular formula is C16H18ClN3O3S. The second-order valence-electron chi connectivity index (χ2n) is 5.35. The van der Waals surface area contributed by atoms with E-state index in [2.05, 4.69) is 10.3 Å². The maximum atomic E-state index is 12.3. The molecule has 1 amide bonds. The summed E-state index contributed by atoms with van der Waals surface area (Å²) in [6, 6.07) is 8.57. The molecule has 1 heterocycles. The predicted octanol–water partition coefficient (Wildman–Crippen LogP) is 2.44. The van der Waals surface area contributed by atoms with Crippen LogP contribution in [0.3, 0.4) is 0 Å². The number of hydrogen-bond donors (Lipinski definition) is 1. The largest absolute Gasteiger partial charge is 0.325 e. The molecule has 0 radical (unpaired) electrons. The van der Waals surface area contributed by atoms with Crippen molar-refractivity contribution in [3.8, 4) is 0 Å². The third kappa shape index (κ3) is 5.02. The summed E-state index contributed by atoms with van der Waals surface area (Å²) >= 11 is 6.02. The molecule has 1 aromatic heterocycles. The average Bonchev–Trinajstić information content (AvgIpc) is 2.51. The minimum absolute atomic E-state index is 0.100. The van der Waals surface area contributed by atoms with Gasteiger partial charge in [0.15, 0.2) is 0 Å². The molecule has 24 heavy (non-hydrogen) atoms. The van der Waals surface area contributed by atoms with Gasteiger partial charge in [-0.1, -0.05) is 17.7 Å². The number of nitrogens with zero attached hydrogens (tertiary/aromatic N) is 2. The Morgan fingerprint density at radius 1 is 1.25 bits per heavy atom. The van der Waals surface area contributed by atoms with E-state index in [-0.39, 0.29) is 13.1 Å². The first-order valence-electron chi connectivity index (χ1n) is 7.16. The van der Waals surface area contributed by atoms with Crippen molar-refractivity contribution in [3.05, 3.63) is 58.9 Å². The Kier molecular flexibility index (Phi) is 5.93. The number of carbonyl (C=O) groups excluding carboxylic acids is 1. The van der Waals surface area contributed by atoms with Gasteiger partial charge in [0, 0.05) is 29.6 Å². The fraction of sp³-hybridized carbons (Fsp3) is 0.250. The van der Waals surface area contributed by atoms with Crippen LogP contribution in [0.15, 0.2) is 42.7 Å². The Labute approximate surface area is 146 Å². The summed E-state index contributed by atoms with van der Waals surface area (Å²) in [5, 5.41) is 3.23. The lowest BCUT2D eigenvalue weighted by molar-refractivity contribution is -0.116. The van der Waals surface area contributed by atoms with Crippen LogP contribution in [-0.2, 0) is 21.4 Å². The van der Waals surface area contributed by atoms with Gasteiger partial charge in [0.05, 0.1) is 12.8 Å². The number of amides is 1. The number of benzene rings is 1. The van der Waals surface area contributed by atoms with Gasteiger partial charge < -0.3 is 5.32 Å². The lowest BCUT2D eigenvalue weighted by atomic mass is 10.2. The number of carbonyl (C=O) groups is 1. The minimum atomic E-state index is -3.54. The first-order chi connectivity index (χ1) is 11.3. The van der Waals surface area contributed by atoms with Crippen molar-refractivity contribution in [1.82, 2.24) is 9.29 Å². The lowest BCUT2D eigenvalue weighted by Crippen LogP contribution is -2.37. The summed E-state index contributed by atoms with van der Waals surface area (Å²) in [7, 11) is -3.54. The number of nitrogens with one attached hydrogen (secondary N) is 1. The second-order valence-corrected chi connectivity index (χ2v) is 7.74. The number of aromatic nitrogens is 1. The molecule has 2 rings (SSSR count). The van der Waals surface area contributed by atoms with Gasteiger partial charge in [-0.25, -0.2) is 8.42 Å². The molecule has 0 spiro atoms. The van der Waals surface area contributed by atoms with Crippen molar-refractivity contribution in [2.24, 2.45) is 0 Å². The summed E-state index contributed by atoms with van der Waals surface area (Å²) in [5.74, 6) is -0.431. The SMILES string of the molecule is Cc1c(Cl)cccc1NC(=O)CN(Cc1ccncc1)S(C)(=O)=O. The second kappa shape index (κ2) is 7.74. The van der Waals surface area contributed by atoms with E-state index in [1.54, 1.807) is 49.6 Å². The Morgan fingerprint density at radius 3 is 2.54 bits per heavy atom. The van der Waals surface area contributed by atoms with E-state index in [0.717, 1.165) is 21.7 Å². The number of anilines is 1. The molecule has 0 fully saturated rings. The normalized spacial score (nSPS) is 11.5. The Morgan fingerprint density at radius 2 is 1.92 bits per heavy atom. The van der Waals surface area contributed by atoms with E-state index < -0.39 is 15.9 Å². The Balaban J connectivity index is 2.12. The van der Waals surface area contributed by atoms with Gasteiger partial charge in [-0.2, -0.15) is 4.31 Å². The van der Waals surface area contributed by atoms with Crippen molar-refractivity contribution in [2.45, 2.75) is 13.5 Å². The first-order valence-corrected chi connectivity index (χ1v) is 9.39. The highest BCUT2D eigenvalue weighted by Crippen LogP contribution is 2.23. The van der Waals surface area contributed by atoms with Crippen LogP contribution in [0.1, 0.15) is 11.1 Å². The third-order valence-corrected chi connectivity index (χ3v) is 5.04. The fourth-order valence-corrected chi connectivity index (χ4v) is 2.98. The van der Waals surface area contributed by atoms with Gasteiger partial charge in [0.25, 0.3) is 0 Å². The van der Waals surface area contributed by atoms with Gasteiger partial charge >= 0.3 is 0 Å². The van der Waals surface area contributed by atoms with Crippen LogP contribution < -0.4 is 5.32 Å². The minimum Gasteiger partial charge on any atom is -0.325 e. The van der Waals surface area contributed by atoms with Crippen LogP contribution in [0.4, 0.5) is 5.69 Å². The topological polar surface area (TPSA) is 79.4 Å². The first kappa shape index (κ1) is 18.4. The third-order valence-electron chi connectivity index (χ3n) is 3.44. The highest BCUT2D eigenvalue weighted by Gasteiger charge is 2.21. The number of rotatable bonds is 6. The van der Waals surface area contributed by atoms with Crippen molar-refractivity contribution in [2.75, 3.05) is 18.1 Å². The van der Waals surface area contributed by atoms with Gasteiger partial charge in [0.1, 0.15) is 0 Å². The summed E-state index contributed by atoms with van der Waals surface area (Å²) in [4.78, 5) is 16.1. The van der Waals surface area contributed by atoms with Crippen LogP contribution in [0.5, 0.6) is 0 Å². The van der Waals surface area contributed by atoms with Crippen LogP contribution in [-0.4, -0.2) is 36.4 Å². The summed E-state index contributed by atoms with van der Waals surface area (Å²) < 4.78 is 25.0.